The van der Waals surface area contributed by atoms with Gasteiger partial charge in [-0.3, -0.25) is 14.4 Å². The van der Waals surface area contributed by atoms with Crippen molar-refractivity contribution in [3.8, 4) is 0 Å². The van der Waals surface area contributed by atoms with Gasteiger partial charge in [0.15, 0.2) is 0 Å². The van der Waals surface area contributed by atoms with Crippen molar-refractivity contribution in [2.45, 2.75) is 58.0 Å². The molecule has 0 radical (unpaired) electrons. The highest BCUT2D eigenvalue weighted by atomic mass is 32.2. The molecule has 0 spiro atoms. The molecule has 0 saturated heterocycles. The zero-order chi connectivity index (χ0) is 26.5. The number of thioether (sulfide) groups is 1. The Morgan fingerprint density at radius 1 is 1.03 bits per heavy atom. The molecule has 1 aliphatic heterocycles. The number of hydrogen-bond donors (Lipinski definition) is 2. The summed E-state index contributed by atoms with van der Waals surface area (Å²) in [4.78, 5) is 42.0. The van der Waals surface area contributed by atoms with Gasteiger partial charge in [0.25, 0.3) is 5.91 Å². The summed E-state index contributed by atoms with van der Waals surface area (Å²) in [7, 11) is 0. The van der Waals surface area contributed by atoms with E-state index in [2.05, 4.69) is 28.8 Å². The molecule has 6 nitrogen and oxygen atoms in total. The lowest BCUT2D eigenvalue weighted by Gasteiger charge is -2.27. The summed E-state index contributed by atoms with van der Waals surface area (Å²) in [5.41, 5.74) is 2.45. The maximum Gasteiger partial charge on any atom is 0.250 e. The Balaban J connectivity index is 1.75. The lowest BCUT2D eigenvalue weighted by atomic mass is 10.0. The summed E-state index contributed by atoms with van der Waals surface area (Å²) in [5, 5.41) is 8.24. The first kappa shape index (κ1) is 26.7. The van der Waals surface area contributed by atoms with E-state index >= 15 is 0 Å². The van der Waals surface area contributed by atoms with Crippen LogP contribution in [0.15, 0.2) is 65.6 Å². The van der Waals surface area contributed by atoms with Gasteiger partial charge >= 0.3 is 0 Å². The SMILES string of the molecule is CC[C@@H](C)C(=O)N[C@H]1CSc2c(NC(=O)CC(C)C)cccc2N(Cc2cccc3ccccc23)C1=O. The van der Waals surface area contributed by atoms with E-state index in [1.807, 2.05) is 70.2 Å². The van der Waals surface area contributed by atoms with Crippen LogP contribution in [0.5, 0.6) is 0 Å². The van der Waals surface area contributed by atoms with Gasteiger partial charge in [-0.1, -0.05) is 76.2 Å². The van der Waals surface area contributed by atoms with Gasteiger partial charge in [-0.05, 0) is 40.8 Å². The van der Waals surface area contributed by atoms with E-state index in [-0.39, 0.29) is 29.6 Å². The Morgan fingerprint density at radius 2 is 1.76 bits per heavy atom. The fraction of sp³-hybridized carbons (Fsp3) is 0.367. The Morgan fingerprint density at radius 3 is 2.51 bits per heavy atom. The van der Waals surface area contributed by atoms with Gasteiger partial charge in [0.2, 0.25) is 11.8 Å². The van der Waals surface area contributed by atoms with Gasteiger partial charge in [-0.25, -0.2) is 0 Å². The average molecular weight is 518 g/mol. The molecule has 2 N–H and O–H groups in total. The molecular weight excluding hydrogens is 482 g/mol. The average Bonchev–Trinajstić information content (AvgIpc) is 3.00. The Labute approximate surface area is 223 Å². The van der Waals surface area contributed by atoms with Crippen LogP contribution in [0.4, 0.5) is 11.4 Å². The standard InChI is InChI=1S/C30H35N3O3S/c1-5-20(4)29(35)32-25-18-37-28-24(31-27(34)16-19(2)3)14-9-15-26(28)33(30(25)36)17-22-12-8-11-21-10-6-7-13-23(21)22/h6-15,19-20,25H,5,16-18H2,1-4H3,(H,31,34)(H,32,35)/t20-,25+/m1/s1. The van der Waals surface area contributed by atoms with Crippen LogP contribution in [0.2, 0.25) is 0 Å². The van der Waals surface area contributed by atoms with Crippen molar-refractivity contribution >= 4 is 51.6 Å². The van der Waals surface area contributed by atoms with Crippen molar-refractivity contribution in [2.75, 3.05) is 16.0 Å². The van der Waals surface area contributed by atoms with Crippen molar-refractivity contribution in [3.05, 3.63) is 66.2 Å². The molecule has 0 aliphatic carbocycles. The number of carbonyl (C=O) groups is 3. The number of benzene rings is 3. The lowest BCUT2D eigenvalue weighted by molar-refractivity contribution is -0.129. The van der Waals surface area contributed by atoms with Gasteiger partial charge in [0.05, 0.1) is 22.8 Å². The van der Waals surface area contributed by atoms with E-state index in [0.717, 1.165) is 26.9 Å². The topological polar surface area (TPSA) is 78.5 Å². The highest BCUT2D eigenvalue weighted by Gasteiger charge is 2.34. The lowest BCUT2D eigenvalue weighted by Crippen LogP contribution is -2.50. The van der Waals surface area contributed by atoms with E-state index in [4.69, 9.17) is 0 Å². The third-order valence-electron chi connectivity index (χ3n) is 6.70. The zero-order valence-electron chi connectivity index (χ0n) is 21.9. The maximum absolute atomic E-state index is 14.0. The summed E-state index contributed by atoms with van der Waals surface area (Å²) in [5.74, 6) is 0.114. The number of rotatable bonds is 8. The van der Waals surface area contributed by atoms with E-state index < -0.39 is 6.04 Å². The molecule has 0 fully saturated rings. The first-order valence-corrected chi connectivity index (χ1v) is 13.9. The highest BCUT2D eigenvalue weighted by molar-refractivity contribution is 7.99. The van der Waals surface area contributed by atoms with Gasteiger partial charge in [-0.15, -0.1) is 11.8 Å². The van der Waals surface area contributed by atoms with E-state index in [0.29, 0.717) is 30.8 Å². The molecule has 3 aromatic carbocycles. The number of anilines is 2. The highest BCUT2D eigenvalue weighted by Crippen LogP contribution is 2.41. The molecule has 3 aromatic rings. The molecule has 7 heteroatoms. The summed E-state index contributed by atoms with van der Waals surface area (Å²) in [6, 6.07) is 19.2. The van der Waals surface area contributed by atoms with Crippen molar-refractivity contribution in [1.82, 2.24) is 5.32 Å². The van der Waals surface area contributed by atoms with Crippen molar-refractivity contribution < 1.29 is 14.4 Å². The molecule has 0 saturated carbocycles. The number of carbonyl (C=O) groups excluding carboxylic acids is 3. The molecule has 194 valence electrons. The van der Waals surface area contributed by atoms with Crippen LogP contribution in [0.3, 0.4) is 0 Å². The van der Waals surface area contributed by atoms with Crippen LogP contribution in [0.1, 0.15) is 46.1 Å². The van der Waals surface area contributed by atoms with E-state index in [1.54, 1.807) is 4.90 Å². The number of nitrogens with one attached hydrogen (secondary N) is 2. The molecule has 1 heterocycles. The van der Waals surface area contributed by atoms with Crippen LogP contribution < -0.4 is 15.5 Å². The molecular formula is C30H35N3O3S. The van der Waals surface area contributed by atoms with Crippen molar-refractivity contribution in [2.24, 2.45) is 11.8 Å². The second kappa shape index (κ2) is 11.8. The molecule has 3 amide bonds. The van der Waals surface area contributed by atoms with Crippen LogP contribution >= 0.6 is 11.8 Å². The minimum absolute atomic E-state index is 0.0539. The molecule has 2 atom stereocenters. The van der Waals surface area contributed by atoms with Gasteiger partial charge in [-0.2, -0.15) is 0 Å². The molecule has 0 unspecified atom stereocenters. The Bertz CT molecular complexity index is 1300. The maximum atomic E-state index is 14.0. The molecule has 37 heavy (non-hydrogen) atoms. The number of amides is 3. The van der Waals surface area contributed by atoms with Crippen molar-refractivity contribution in [1.29, 1.82) is 0 Å². The van der Waals surface area contributed by atoms with E-state index in [1.165, 1.54) is 11.8 Å². The molecule has 0 aromatic heterocycles. The first-order valence-electron chi connectivity index (χ1n) is 12.9. The fourth-order valence-corrected chi connectivity index (χ4v) is 5.63. The largest absolute Gasteiger partial charge is 0.343 e. The predicted octanol–water partition coefficient (Wildman–Crippen LogP) is 5.99. The Hall–Kier alpha value is -3.32. The van der Waals surface area contributed by atoms with Crippen LogP contribution in [-0.2, 0) is 20.9 Å². The summed E-state index contributed by atoms with van der Waals surface area (Å²) in [6.07, 6.45) is 1.12. The van der Waals surface area contributed by atoms with Crippen molar-refractivity contribution in [3.63, 3.8) is 0 Å². The van der Waals surface area contributed by atoms with Crippen LogP contribution in [-0.4, -0.2) is 29.5 Å². The number of fused-ring (bicyclic) bond motifs is 2. The summed E-state index contributed by atoms with van der Waals surface area (Å²) in [6.45, 7) is 8.20. The Kier molecular flexibility index (Phi) is 8.54. The molecule has 1 aliphatic rings. The van der Waals surface area contributed by atoms with Gasteiger partial charge in [0.1, 0.15) is 6.04 Å². The van der Waals surface area contributed by atoms with Crippen LogP contribution in [0, 0.1) is 11.8 Å². The van der Waals surface area contributed by atoms with Gasteiger partial charge < -0.3 is 15.5 Å². The summed E-state index contributed by atoms with van der Waals surface area (Å²) < 4.78 is 0. The third kappa shape index (κ3) is 6.16. The first-order chi connectivity index (χ1) is 17.8. The van der Waals surface area contributed by atoms with Crippen LogP contribution in [0.25, 0.3) is 10.8 Å². The molecule has 4 rings (SSSR count). The number of hydrogen-bond acceptors (Lipinski definition) is 4. The minimum atomic E-state index is -0.673. The fourth-order valence-electron chi connectivity index (χ4n) is 4.47. The normalized spacial score (nSPS) is 16.3. The molecule has 0 bridgehead atoms. The predicted molar refractivity (Wildman–Crippen MR) is 152 cm³/mol. The summed E-state index contributed by atoms with van der Waals surface area (Å²) >= 11 is 1.50. The smallest absolute Gasteiger partial charge is 0.250 e. The van der Waals surface area contributed by atoms with Gasteiger partial charge in [0, 0.05) is 18.1 Å². The quantitative estimate of drug-likeness (QED) is 0.384. The second-order valence-electron chi connectivity index (χ2n) is 10.0. The minimum Gasteiger partial charge on any atom is -0.343 e. The monoisotopic (exact) mass is 517 g/mol. The number of nitrogens with zero attached hydrogens (tertiary/aromatic N) is 1. The second-order valence-corrected chi connectivity index (χ2v) is 11.1. The third-order valence-corrected chi connectivity index (χ3v) is 7.91. The zero-order valence-corrected chi connectivity index (χ0v) is 22.7. The van der Waals surface area contributed by atoms with E-state index in [9.17, 15) is 14.4 Å².